The predicted molar refractivity (Wildman–Crippen MR) is 57.9 cm³/mol. The van der Waals surface area contributed by atoms with Gasteiger partial charge < -0.3 is 0 Å². The lowest BCUT2D eigenvalue weighted by atomic mass is 10.1. The minimum atomic E-state index is -0.441. The quantitative estimate of drug-likeness (QED) is 0.755. The van der Waals surface area contributed by atoms with Crippen LogP contribution in [-0.4, -0.2) is 23.5 Å². The number of hydrogen-bond acceptors (Lipinski definition) is 3. The third kappa shape index (κ3) is 1.73. The first kappa shape index (κ1) is 10.9. The van der Waals surface area contributed by atoms with Crippen molar-refractivity contribution in [3.05, 3.63) is 47.0 Å². The summed E-state index contributed by atoms with van der Waals surface area (Å²) in [6, 6.07) is 6.59. The van der Waals surface area contributed by atoms with Gasteiger partial charge in [-0.15, -0.1) is 5.06 Å². The summed E-state index contributed by atoms with van der Waals surface area (Å²) in [4.78, 5) is 28.5. The van der Waals surface area contributed by atoms with Crippen LogP contribution in [0.3, 0.4) is 0 Å². The Balaban J connectivity index is 2.21. The largest absolute Gasteiger partial charge is 0.285 e. The summed E-state index contributed by atoms with van der Waals surface area (Å²) in [5.74, 6) is -0.882. The van der Waals surface area contributed by atoms with E-state index in [1.54, 1.807) is 24.3 Å². The number of carbonyl (C=O) groups excluding carboxylic acids is 2. The van der Waals surface area contributed by atoms with Crippen LogP contribution < -0.4 is 0 Å². The van der Waals surface area contributed by atoms with Crippen LogP contribution in [0.5, 0.6) is 0 Å². The fourth-order valence-corrected chi connectivity index (χ4v) is 1.51. The van der Waals surface area contributed by atoms with E-state index < -0.39 is 11.8 Å². The molecule has 0 atom stereocenters. The number of nitrogens with zero attached hydrogens (tertiary/aromatic N) is 1. The number of benzene rings is 1. The summed E-state index contributed by atoms with van der Waals surface area (Å²) in [6.07, 6.45) is 1.49. The molecule has 1 aliphatic rings. The van der Waals surface area contributed by atoms with Crippen LogP contribution in [0, 0.1) is 0 Å². The van der Waals surface area contributed by atoms with Gasteiger partial charge in [0.1, 0.15) is 0 Å². The molecular weight excluding hydrogens is 230 g/mol. The van der Waals surface area contributed by atoms with Crippen molar-refractivity contribution < 1.29 is 14.4 Å². The molecule has 0 bridgehead atoms. The lowest BCUT2D eigenvalue weighted by molar-refractivity contribution is -0.0801. The summed E-state index contributed by atoms with van der Waals surface area (Å²) in [5.41, 5.74) is 1.99. The highest BCUT2D eigenvalue weighted by atomic mass is 35.5. The first-order chi connectivity index (χ1) is 7.75. The summed E-state index contributed by atoms with van der Waals surface area (Å²) in [6.45, 7) is 0.0783. The number of rotatable bonds is 3. The molecule has 0 N–H and O–H groups in total. The van der Waals surface area contributed by atoms with E-state index in [4.69, 9.17) is 16.4 Å². The zero-order valence-electron chi connectivity index (χ0n) is 8.22. The molecule has 0 saturated carbocycles. The molecule has 1 aromatic rings. The molecule has 0 fully saturated rings. The molecule has 4 nitrogen and oxygen atoms in total. The normalized spacial score (nSPS) is 14.9. The van der Waals surface area contributed by atoms with Crippen molar-refractivity contribution in [3.63, 3.8) is 0 Å². The molecule has 2 amide bonds. The topological polar surface area (TPSA) is 46.6 Å². The summed E-state index contributed by atoms with van der Waals surface area (Å²) in [7, 11) is 0. The molecule has 0 spiro atoms. The van der Waals surface area contributed by atoms with E-state index in [0.717, 1.165) is 5.06 Å². The maximum atomic E-state index is 11.7. The van der Waals surface area contributed by atoms with E-state index in [9.17, 15) is 9.59 Å². The van der Waals surface area contributed by atoms with E-state index in [1.807, 2.05) is 0 Å². The van der Waals surface area contributed by atoms with E-state index in [0.29, 0.717) is 11.1 Å². The van der Waals surface area contributed by atoms with E-state index in [2.05, 4.69) is 0 Å². The zero-order valence-corrected chi connectivity index (χ0v) is 8.98. The minimum Gasteiger partial charge on any atom is -0.266 e. The van der Waals surface area contributed by atoms with Gasteiger partial charge in [0, 0.05) is 5.54 Å². The zero-order chi connectivity index (χ0) is 11.5. The Morgan fingerprint density at radius 1 is 1.19 bits per heavy atom. The van der Waals surface area contributed by atoms with Gasteiger partial charge in [0.15, 0.2) is 0 Å². The lowest BCUT2D eigenvalue weighted by Gasteiger charge is -2.11. The first-order valence-corrected chi connectivity index (χ1v) is 5.05. The van der Waals surface area contributed by atoms with Gasteiger partial charge in [0.25, 0.3) is 11.8 Å². The second-order valence-electron chi connectivity index (χ2n) is 3.11. The first-order valence-electron chi connectivity index (χ1n) is 4.61. The van der Waals surface area contributed by atoms with E-state index in [1.165, 1.54) is 11.6 Å². The van der Waals surface area contributed by atoms with Crippen molar-refractivity contribution in [1.29, 1.82) is 0 Å². The van der Waals surface area contributed by atoms with Gasteiger partial charge >= 0.3 is 0 Å². The van der Waals surface area contributed by atoms with Gasteiger partial charge in [-0.2, -0.15) is 0 Å². The average Bonchev–Trinajstić information content (AvgIpc) is 2.55. The molecule has 0 unspecified atom stereocenters. The van der Waals surface area contributed by atoms with Crippen molar-refractivity contribution in [1.82, 2.24) is 5.06 Å². The van der Waals surface area contributed by atoms with Crippen LogP contribution in [0.25, 0.3) is 0 Å². The predicted octanol–water partition coefficient (Wildman–Crippen LogP) is 1.97. The number of hydroxylamine groups is 2. The molecule has 2 rings (SSSR count). The van der Waals surface area contributed by atoms with Crippen molar-refractivity contribution >= 4 is 23.4 Å². The molecule has 0 aromatic heterocycles. The third-order valence-electron chi connectivity index (χ3n) is 2.15. The Hall–Kier alpha value is -1.65. The van der Waals surface area contributed by atoms with E-state index >= 15 is 0 Å². The second kappa shape index (κ2) is 4.47. The van der Waals surface area contributed by atoms with Crippen LogP contribution in [-0.2, 0) is 4.84 Å². The average molecular weight is 238 g/mol. The number of fused-ring (bicyclic) bond motifs is 1. The molecule has 1 aliphatic heterocycles. The lowest BCUT2D eigenvalue weighted by Crippen LogP contribution is -2.29. The molecule has 16 heavy (non-hydrogen) atoms. The number of amides is 2. The van der Waals surface area contributed by atoms with E-state index in [-0.39, 0.29) is 6.61 Å². The van der Waals surface area contributed by atoms with Crippen molar-refractivity contribution in [2.24, 2.45) is 0 Å². The molecule has 1 aromatic carbocycles. The summed E-state index contributed by atoms with van der Waals surface area (Å²) >= 11 is 5.30. The van der Waals surface area contributed by atoms with Crippen LogP contribution >= 0.6 is 11.6 Å². The second-order valence-corrected chi connectivity index (χ2v) is 3.36. The summed E-state index contributed by atoms with van der Waals surface area (Å²) < 4.78 is 0. The molecular formula is C11H8ClNO3. The highest BCUT2D eigenvalue weighted by Crippen LogP contribution is 2.22. The molecule has 82 valence electrons. The van der Waals surface area contributed by atoms with Crippen LogP contribution in [0.2, 0.25) is 0 Å². The van der Waals surface area contributed by atoms with Gasteiger partial charge in [0.2, 0.25) is 0 Å². The SMILES string of the molecule is O=C1c2ccccc2C(=O)N1OC/C=C/Cl. The standard InChI is InChI=1S/C11H8ClNO3/c12-6-3-7-16-13-10(14)8-4-1-2-5-9(8)11(13)15/h1-6H,7H2/b6-3+. The monoisotopic (exact) mass is 237 g/mol. The Morgan fingerprint density at radius 3 is 2.25 bits per heavy atom. The van der Waals surface area contributed by atoms with Crippen molar-refractivity contribution in [3.8, 4) is 0 Å². The third-order valence-corrected chi connectivity index (χ3v) is 2.32. The number of carbonyl (C=O) groups is 2. The van der Waals surface area contributed by atoms with Gasteiger partial charge in [-0.3, -0.25) is 14.4 Å². The van der Waals surface area contributed by atoms with Crippen LogP contribution in [0.4, 0.5) is 0 Å². The Kier molecular flexibility index (Phi) is 3.03. The fraction of sp³-hybridized carbons (Fsp3) is 0.0909. The molecule has 1 heterocycles. The number of hydrogen-bond donors (Lipinski definition) is 0. The molecule has 0 aliphatic carbocycles. The Labute approximate surface area is 97.0 Å². The highest BCUT2D eigenvalue weighted by Gasteiger charge is 2.36. The smallest absolute Gasteiger partial charge is 0.266 e. The molecule has 0 saturated heterocycles. The maximum absolute atomic E-state index is 11.7. The van der Waals surface area contributed by atoms with Crippen molar-refractivity contribution in [2.45, 2.75) is 0 Å². The number of halogens is 1. The fourth-order valence-electron chi connectivity index (χ4n) is 1.44. The van der Waals surface area contributed by atoms with Crippen LogP contribution in [0.15, 0.2) is 35.9 Å². The van der Waals surface area contributed by atoms with Gasteiger partial charge in [0.05, 0.1) is 17.7 Å². The van der Waals surface area contributed by atoms with Gasteiger partial charge in [-0.25, -0.2) is 0 Å². The summed E-state index contributed by atoms with van der Waals surface area (Å²) in [5, 5.41) is 0.752. The van der Waals surface area contributed by atoms with Crippen LogP contribution in [0.1, 0.15) is 20.7 Å². The van der Waals surface area contributed by atoms with Gasteiger partial charge in [-0.1, -0.05) is 23.7 Å². The van der Waals surface area contributed by atoms with Gasteiger partial charge in [-0.05, 0) is 18.2 Å². The minimum absolute atomic E-state index is 0.0783. The maximum Gasteiger partial charge on any atom is 0.285 e. The molecule has 5 heteroatoms. The molecule has 0 radical (unpaired) electrons. The van der Waals surface area contributed by atoms with Crippen molar-refractivity contribution in [2.75, 3.05) is 6.61 Å². The Morgan fingerprint density at radius 2 is 1.75 bits per heavy atom. The Bertz CT molecular complexity index is 435. The number of imide groups is 1. The highest BCUT2D eigenvalue weighted by molar-refractivity contribution is 6.25.